The van der Waals surface area contributed by atoms with Gasteiger partial charge in [-0.25, -0.2) is 13.1 Å². The summed E-state index contributed by atoms with van der Waals surface area (Å²) in [4.78, 5) is 15.2. The molecule has 2 aromatic carbocycles. The molecule has 0 unspecified atom stereocenters. The minimum Gasteiger partial charge on any atom is -0.359 e. The van der Waals surface area contributed by atoms with Crippen LogP contribution in [0.25, 0.3) is 27.7 Å². The molecule has 0 saturated carbocycles. The molecule has 11 heteroatoms. The number of benzene rings is 2. The van der Waals surface area contributed by atoms with Crippen LogP contribution in [-0.2, 0) is 20.8 Å². The second-order valence-corrected chi connectivity index (χ2v) is 9.87. The van der Waals surface area contributed by atoms with E-state index in [2.05, 4.69) is 15.4 Å². The van der Waals surface area contributed by atoms with Crippen LogP contribution in [0.1, 0.15) is 12.0 Å². The summed E-state index contributed by atoms with van der Waals surface area (Å²) in [5.41, 5.74) is 2.55. The number of carbonyl (C=O) groups is 1. The second kappa shape index (κ2) is 8.39. The third-order valence-corrected chi connectivity index (χ3v) is 5.98. The van der Waals surface area contributed by atoms with Crippen molar-refractivity contribution in [3.05, 3.63) is 66.6 Å². The average Bonchev–Trinajstić information content (AvgIpc) is 3.39. The summed E-state index contributed by atoms with van der Waals surface area (Å²) >= 11 is 0. The number of amides is 1. The van der Waals surface area contributed by atoms with Gasteiger partial charge < -0.3 is 10.3 Å². The van der Waals surface area contributed by atoms with Crippen molar-refractivity contribution in [2.45, 2.75) is 12.6 Å². The third-order valence-electron chi connectivity index (χ3n) is 5.03. The van der Waals surface area contributed by atoms with E-state index in [1.165, 1.54) is 16.8 Å². The first-order valence-electron chi connectivity index (χ1n) is 9.81. The topological polar surface area (TPSA) is 96.8 Å². The number of carbonyl (C=O) groups excluding carboxylic acids is 1. The zero-order chi connectivity index (χ0) is 23.8. The van der Waals surface area contributed by atoms with Gasteiger partial charge in [-0.05, 0) is 42.0 Å². The SMILES string of the molecule is CS(=O)(=O)CCC(=O)Nc1c[nH]c2ccc(-c3cnn(-c4ccc(C(F)(F)F)cc4)c3)cc12. The quantitative estimate of drug-likeness (QED) is 0.431. The van der Waals surface area contributed by atoms with E-state index in [9.17, 15) is 26.4 Å². The van der Waals surface area contributed by atoms with Crippen LogP contribution in [-0.4, -0.2) is 41.1 Å². The van der Waals surface area contributed by atoms with Crippen molar-refractivity contribution in [3.63, 3.8) is 0 Å². The molecule has 4 aromatic rings. The number of nitrogens with zero attached hydrogens (tertiary/aromatic N) is 2. The number of aromatic nitrogens is 3. The van der Waals surface area contributed by atoms with Gasteiger partial charge in [-0.2, -0.15) is 18.3 Å². The summed E-state index contributed by atoms with van der Waals surface area (Å²) in [7, 11) is -3.25. The molecular weight excluding hydrogens is 457 g/mol. The lowest BCUT2D eigenvalue weighted by molar-refractivity contribution is -0.137. The van der Waals surface area contributed by atoms with Crippen LogP contribution in [0.2, 0.25) is 0 Å². The van der Waals surface area contributed by atoms with E-state index in [0.29, 0.717) is 11.4 Å². The molecule has 2 aromatic heterocycles. The minimum atomic E-state index is -4.41. The number of anilines is 1. The molecule has 7 nitrogen and oxygen atoms in total. The highest BCUT2D eigenvalue weighted by Gasteiger charge is 2.30. The Bertz CT molecular complexity index is 1420. The van der Waals surface area contributed by atoms with Gasteiger partial charge in [0.1, 0.15) is 9.84 Å². The Labute approximate surface area is 187 Å². The van der Waals surface area contributed by atoms with Gasteiger partial charge in [0.05, 0.1) is 28.9 Å². The van der Waals surface area contributed by atoms with E-state index in [-0.39, 0.29) is 12.2 Å². The first kappa shape index (κ1) is 22.6. The fourth-order valence-corrected chi connectivity index (χ4v) is 3.87. The standard InChI is InChI=1S/C22H19F3N4O3S/c1-33(31,32)9-8-21(30)28-20-12-26-19-7-2-14(10-18(19)20)15-11-27-29(13-15)17-5-3-16(4-6-17)22(23,24)25/h2-7,10-13,26H,8-9H2,1H3,(H,28,30). The van der Waals surface area contributed by atoms with E-state index in [4.69, 9.17) is 0 Å². The molecule has 1 amide bonds. The molecule has 0 atom stereocenters. The van der Waals surface area contributed by atoms with Gasteiger partial charge in [0, 0.05) is 41.5 Å². The Morgan fingerprint density at radius 2 is 1.85 bits per heavy atom. The number of halogens is 3. The van der Waals surface area contributed by atoms with E-state index in [1.54, 1.807) is 18.6 Å². The summed E-state index contributed by atoms with van der Waals surface area (Å²) in [6.07, 6.45) is 1.43. The maximum atomic E-state index is 12.8. The molecule has 33 heavy (non-hydrogen) atoms. The predicted molar refractivity (Wildman–Crippen MR) is 119 cm³/mol. The van der Waals surface area contributed by atoms with Crippen LogP contribution in [0.15, 0.2) is 61.1 Å². The molecule has 0 aliphatic carbocycles. The number of hydrogen-bond acceptors (Lipinski definition) is 4. The van der Waals surface area contributed by atoms with Gasteiger partial charge in [-0.15, -0.1) is 0 Å². The van der Waals surface area contributed by atoms with Crippen LogP contribution in [0.4, 0.5) is 18.9 Å². The van der Waals surface area contributed by atoms with E-state index < -0.39 is 27.5 Å². The van der Waals surface area contributed by atoms with Gasteiger partial charge in [0.2, 0.25) is 5.91 Å². The molecule has 0 fully saturated rings. The number of rotatable bonds is 6. The summed E-state index contributed by atoms with van der Waals surface area (Å²) in [5, 5.41) is 7.68. The highest BCUT2D eigenvalue weighted by molar-refractivity contribution is 7.90. The first-order chi connectivity index (χ1) is 15.5. The van der Waals surface area contributed by atoms with Gasteiger partial charge in [0.15, 0.2) is 0 Å². The molecule has 0 radical (unpaired) electrons. The van der Waals surface area contributed by atoms with Crippen molar-refractivity contribution in [2.24, 2.45) is 0 Å². The molecule has 4 rings (SSSR count). The molecule has 0 aliphatic heterocycles. The lowest BCUT2D eigenvalue weighted by atomic mass is 10.1. The predicted octanol–water partition coefficient (Wildman–Crippen LogP) is 4.41. The molecular formula is C22H19F3N4O3S. The van der Waals surface area contributed by atoms with Crippen LogP contribution in [0.3, 0.4) is 0 Å². The maximum Gasteiger partial charge on any atom is 0.416 e. The summed E-state index contributed by atoms with van der Waals surface area (Å²) in [6, 6.07) is 10.2. The Morgan fingerprint density at radius 3 is 2.52 bits per heavy atom. The lowest BCUT2D eigenvalue weighted by Crippen LogP contribution is -2.16. The van der Waals surface area contributed by atoms with Crippen molar-refractivity contribution in [1.82, 2.24) is 14.8 Å². The second-order valence-electron chi connectivity index (χ2n) is 7.61. The van der Waals surface area contributed by atoms with Gasteiger partial charge in [0.25, 0.3) is 0 Å². The van der Waals surface area contributed by atoms with E-state index in [1.807, 2.05) is 18.2 Å². The number of aromatic amines is 1. The van der Waals surface area contributed by atoms with Crippen molar-refractivity contribution in [2.75, 3.05) is 17.3 Å². The van der Waals surface area contributed by atoms with Crippen molar-refractivity contribution in [3.8, 4) is 16.8 Å². The van der Waals surface area contributed by atoms with Gasteiger partial charge in [-0.1, -0.05) is 6.07 Å². The normalized spacial score (nSPS) is 12.2. The van der Waals surface area contributed by atoms with Crippen molar-refractivity contribution in [1.29, 1.82) is 0 Å². The van der Waals surface area contributed by atoms with Crippen molar-refractivity contribution >= 4 is 32.3 Å². The Morgan fingerprint density at radius 1 is 1.12 bits per heavy atom. The number of fused-ring (bicyclic) bond motifs is 1. The molecule has 2 heterocycles. The summed E-state index contributed by atoms with van der Waals surface area (Å²) in [5.74, 6) is -0.655. The van der Waals surface area contributed by atoms with Crippen LogP contribution in [0, 0.1) is 0 Å². The first-order valence-corrected chi connectivity index (χ1v) is 11.9. The number of nitrogens with one attached hydrogen (secondary N) is 2. The molecule has 0 aliphatic rings. The zero-order valence-corrected chi connectivity index (χ0v) is 18.2. The number of alkyl halides is 3. The molecule has 0 bridgehead atoms. The maximum absolute atomic E-state index is 12.8. The van der Waals surface area contributed by atoms with Gasteiger partial charge >= 0.3 is 6.18 Å². The molecule has 0 saturated heterocycles. The third kappa shape index (κ3) is 5.25. The Balaban J connectivity index is 1.56. The van der Waals surface area contributed by atoms with Crippen LogP contribution < -0.4 is 5.32 Å². The van der Waals surface area contributed by atoms with E-state index in [0.717, 1.165) is 40.4 Å². The fourth-order valence-electron chi connectivity index (χ4n) is 3.31. The monoisotopic (exact) mass is 476 g/mol. The van der Waals surface area contributed by atoms with Crippen molar-refractivity contribution < 1.29 is 26.4 Å². The van der Waals surface area contributed by atoms with Crippen LogP contribution >= 0.6 is 0 Å². The van der Waals surface area contributed by atoms with E-state index >= 15 is 0 Å². The average molecular weight is 476 g/mol. The highest BCUT2D eigenvalue weighted by atomic mass is 32.2. The lowest BCUT2D eigenvalue weighted by Gasteiger charge is -2.07. The molecule has 2 N–H and O–H groups in total. The largest absolute Gasteiger partial charge is 0.416 e. The Hall–Kier alpha value is -3.60. The summed E-state index contributed by atoms with van der Waals surface area (Å²) in [6.45, 7) is 0. The molecule has 172 valence electrons. The number of hydrogen-bond donors (Lipinski definition) is 2. The molecule has 0 spiro atoms. The summed E-state index contributed by atoms with van der Waals surface area (Å²) < 4.78 is 62.4. The number of sulfone groups is 1. The Kier molecular flexibility index (Phi) is 5.75. The fraction of sp³-hybridized carbons (Fsp3) is 0.182. The van der Waals surface area contributed by atoms with Crippen LogP contribution in [0.5, 0.6) is 0 Å². The highest BCUT2D eigenvalue weighted by Crippen LogP contribution is 2.31. The smallest absolute Gasteiger partial charge is 0.359 e. The zero-order valence-electron chi connectivity index (χ0n) is 17.3. The van der Waals surface area contributed by atoms with Gasteiger partial charge in [-0.3, -0.25) is 4.79 Å². The number of H-pyrrole nitrogens is 1. The minimum absolute atomic E-state index is 0.148.